The molecule has 1 heterocycles. The van der Waals surface area contributed by atoms with E-state index in [4.69, 9.17) is 0 Å². The molecule has 0 radical (unpaired) electrons. The minimum absolute atomic E-state index is 0.182. The molecule has 0 aromatic rings. The normalized spacial score (nSPS) is 30.8. The zero-order chi connectivity index (χ0) is 13.7. The van der Waals surface area contributed by atoms with E-state index in [0.29, 0.717) is 12.0 Å². The highest BCUT2D eigenvalue weighted by Gasteiger charge is 2.29. The summed E-state index contributed by atoms with van der Waals surface area (Å²) < 4.78 is 0. The smallest absolute Gasteiger partial charge is 0.224 e. The van der Waals surface area contributed by atoms with E-state index in [1.54, 1.807) is 0 Å². The van der Waals surface area contributed by atoms with Gasteiger partial charge in [0.1, 0.15) is 0 Å². The summed E-state index contributed by atoms with van der Waals surface area (Å²) in [6.45, 7) is 6.35. The average molecular weight is 266 g/mol. The molecule has 0 bridgehead atoms. The summed E-state index contributed by atoms with van der Waals surface area (Å²) in [6, 6.07) is 0.407. The van der Waals surface area contributed by atoms with Crippen molar-refractivity contribution in [3.8, 4) is 0 Å². The van der Waals surface area contributed by atoms with E-state index in [-0.39, 0.29) is 11.8 Å². The van der Waals surface area contributed by atoms with Gasteiger partial charge in [-0.2, -0.15) is 0 Å². The molecule has 1 saturated carbocycles. The molecule has 19 heavy (non-hydrogen) atoms. The first kappa shape index (κ1) is 14.8. The van der Waals surface area contributed by atoms with Crippen LogP contribution in [0.3, 0.4) is 0 Å². The molecule has 1 aliphatic carbocycles. The minimum Gasteiger partial charge on any atom is -0.353 e. The maximum Gasteiger partial charge on any atom is 0.224 e. The van der Waals surface area contributed by atoms with Crippen molar-refractivity contribution in [2.75, 3.05) is 13.1 Å². The molecule has 1 saturated heterocycles. The fourth-order valence-electron chi connectivity index (χ4n) is 3.75. The lowest BCUT2D eigenvalue weighted by Gasteiger charge is -2.33. The lowest BCUT2D eigenvalue weighted by atomic mass is 9.82. The number of hydrogen-bond acceptors (Lipinski definition) is 2. The van der Waals surface area contributed by atoms with Crippen molar-refractivity contribution < 1.29 is 4.79 Å². The van der Waals surface area contributed by atoms with Crippen LogP contribution in [0.5, 0.6) is 0 Å². The van der Waals surface area contributed by atoms with E-state index in [9.17, 15) is 4.79 Å². The Hall–Kier alpha value is -0.570. The average Bonchev–Trinajstić information content (AvgIpc) is 2.45. The van der Waals surface area contributed by atoms with Crippen LogP contribution in [0.2, 0.25) is 0 Å². The lowest BCUT2D eigenvalue weighted by Crippen LogP contribution is -2.48. The van der Waals surface area contributed by atoms with Crippen molar-refractivity contribution in [1.29, 1.82) is 0 Å². The van der Waals surface area contributed by atoms with Gasteiger partial charge in [0.05, 0.1) is 5.92 Å². The van der Waals surface area contributed by atoms with Crippen LogP contribution in [0.25, 0.3) is 0 Å². The maximum absolute atomic E-state index is 12.4. The summed E-state index contributed by atoms with van der Waals surface area (Å²) in [5, 5.41) is 6.72. The number of piperidine rings is 1. The molecule has 2 N–H and O–H groups in total. The van der Waals surface area contributed by atoms with E-state index in [1.165, 1.54) is 32.1 Å². The van der Waals surface area contributed by atoms with Crippen LogP contribution in [0, 0.1) is 17.8 Å². The summed E-state index contributed by atoms with van der Waals surface area (Å²) in [4.78, 5) is 12.4. The topological polar surface area (TPSA) is 41.1 Å². The van der Waals surface area contributed by atoms with E-state index in [0.717, 1.165) is 31.8 Å². The second kappa shape index (κ2) is 7.28. The van der Waals surface area contributed by atoms with Crippen LogP contribution in [0.15, 0.2) is 0 Å². The third-order valence-corrected chi connectivity index (χ3v) is 4.93. The van der Waals surface area contributed by atoms with Crippen molar-refractivity contribution in [3.05, 3.63) is 0 Å². The fraction of sp³-hybridized carbons (Fsp3) is 0.938. The summed E-state index contributed by atoms with van der Waals surface area (Å²) >= 11 is 0. The van der Waals surface area contributed by atoms with Gasteiger partial charge in [0.25, 0.3) is 0 Å². The van der Waals surface area contributed by atoms with Crippen LogP contribution in [0.1, 0.15) is 58.8 Å². The second-order valence-corrected chi connectivity index (χ2v) is 6.62. The Balaban J connectivity index is 1.84. The van der Waals surface area contributed by atoms with Crippen LogP contribution < -0.4 is 10.6 Å². The van der Waals surface area contributed by atoms with Crippen molar-refractivity contribution >= 4 is 5.91 Å². The number of rotatable bonds is 4. The highest BCUT2D eigenvalue weighted by Crippen LogP contribution is 2.28. The van der Waals surface area contributed by atoms with Gasteiger partial charge in [0.15, 0.2) is 0 Å². The molecule has 3 unspecified atom stereocenters. The standard InChI is InChI=1S/C16H30N2O/c1-3-15(13-7-5-4-6-8-13)18-16(19)14-9-12(2)10-17-11-14/h12-15,17H,3-11H2,1-2H3,(H,18,19). The molecule has 2 rings (SSSR count). The Morgan fingerprint density at radius 2 is 2.00 bits per heavy atom. The number of carbonyl (C=O) groups is 1. The third kappa shape index (κ3) is 4.20. The molecule has 0 aromatic heterocycles. The Kier molecular flexibility index (Phi) is 5.68. The zero-order valence-corrected chi connectivity index (χ0v) is 12.6. The van der Waals surface area contributed by atoms with Crippen LogP contribution >= 0.6 is 0 Å². The van der Waals surface area contributed by atoms with Gasteiger partial charge < -0.3 is 10.6 Å². The van der Waals surface area contributed by atoms with Crippen molar-refractivity contribution in [1.82, 2.24) is 10.6 Å². The predicted octanol–water partition coefficient (Wildman–Crippen LogP) is 2.71. The highest BCUT2D eigenvalue weighted by molar-refractivity contribution is 5.79. The molecule has 3 nitrogen and oxygen atoms in total. The molecule has 0 spiro atoms. The van der Waals surface area contributed by atoms with Gasteiger partial charge in [0.2, 0.25) is 5.91 Å². The van der Waals surface area contributed by atoms with Crippen molar-refractivity contribution in [2.45, 2.75) is 64.8 Å². The molecule has 2 fully saturated rings. The first-order valence-electron chi connectivity index (χ1n) is 8.21. The SMILES string of the molecule is CCC(NC(=O)C1CNCC(C)C1)C1CCCCC1. The number of amides is 1. The molecular formula is C16H30N2O. The summed E-state index contributed by atoms with van der Waals surface area (Å²) in [7, 11) is 0. The van der Waals surface area contributed by atoms with E-state index in [1.807, 2.05) is 0 Å². The Bertz CT molecular complexity index is 286. The quantitative estimate of drug-likeness (QED) is 0.821. The van der Waals surface area contributed by atoms with Gasteiger partial charge in [-0.05, 0) is 44.1 Å². The van der Waals surface area contributed by atoms with Crippen LogP contribution in [-0.4, -0.2) is 25.0 Å². The van der Waals surface area contributed by atoms with Gasteiger partial charge in [-0.1, -0.05) is 33.1 Å². The molecule has 0 aromatic carbocycles. The van der Waals surface area contributed by atoms with Gasteiger partial charge in [-0.15, -0.1) is 0 Å². The van der Waals surface area contributed by atoms with E-state index in [2.05, 4.69) is 24.5 Å². The predicted molar refractivity (Wildman–Crippen MR) is 78.9 cm³/mol. The molecule has 1 aliphatic heterocycles. The molecule has 2 aliphatic rings. The Morgan fingerprint density at radius 3 is 2.63 bits per heavy atom. The number of hydrogen-bond donors (Lipinski definition) is 2. The fourth-order valence-corrected chi connectivity index (χ4v) is 3.75. The Morgan fingerprint density at radius 1 is 1.26 bits per heavy atom. The third-order valence-electron chi connectivity index (χ3n) is 4.93. The summed E-state index contributed by atoms with van der Waals surface area (Å²) in [5.74, 6) is 1.81. The zero-order valence-electron chi connectivity index (χ0n) is 12.6. The first-order chi connectivity index (χ1) is 9.20. The first-order valence-corrected chi connectivity index (χ1v) is 8.21. The van der Waals surface area contributed by atoms with Gasteiger partial charge >= 0.3 is 0 Å². The summed E-state index contributed by atoms with van der Waals surface area (Å²) in [6.07, 6.45) is 8.80. The number of carbonyl (C=O) groups excluding carboxylic acids is 1. The highest BCUT2D eigenvalue weighted by atomic mass is 16.2. The van der Waals surface area contributed by atoms with Crippen LogP contribution in [0.4, 0.5) is 0 Å². The van der Waals surface area contributed by atoms with E-state index >= 15 is 0 Å². The van der Waals surface area contributed by atoms with Gasteiger partial charge in [0, 0.05) is 12.6 Å². The van der Waals surface area contributed by atoms with Crippen LogP contribution in [-0.2, 0) is 4.79 Å². The Labute approximate surface area is 117 Å². The molecule has 110 valence electrons. The maximum atomic E-state index is 12.4. The second-order valence-electron chi connectivity index (χ2n) is 6.62. The minimum atomic E-state index is 0.182. The van der Waals surface area contributed by atoms with Gasteiger partial charge in [-0.3, -0.25) is 4.79 Å². The van der Waals surface area contributed by atoms with Gasteiger partial charge in [-0.25, -0.2) is 0 Å². The lowest BCUT2D eigenvalue weighted by molar-refractivity contribution is -0.127. The molecular weight excluding hydrogens is 236 g/mol. The summed E-state index contributed by atoms with van der Waals surface area (Å²) in [5.41, 5.74) is 0. The van der Waals surface area contributed by atoms with Crippen molar-refractivity contribution in [2.24, 2.45) is 17.8 Å². The largest absolute Gasteiger partial charge is 0.353 e. The van der Waals surface area contributed by atoms with E-state index < -0.39 is 0 Å². The number of nitrogens with one attached hydrogen (secondary N) is 2. The molecule has 1 amide bonds. The molecule has 3 heteroatoms. The monoisotopic (exact) mass is 266 g/mol. The van der Waals surface area contributed by atoms with Crippen molar-refractivity contribution in [3.63, 3.8) is 0 Å². The molecule has 3 atom stereocenters.